The summed E-state index contributed by atoms with van der Waals surface area (Å²) in [7, 11) is 0. The van der Waals surface area contributed by atoms with Gasteiger partial charge < -0.3 is 15.4 Å². The van der Waals surface area contributed by atoms with Crippen LogP contribution >= 0.6 is 12.4 Å². The average Bonchev–Trinajstić information content (AvgIpc) is 2.43. The molecule has 1 aromatic rings. The number of nitrogens with two attached hydrogens (primary N) is 1. The molecule has 0 spiro atoms. The Morgan fingerprint density at radius 3 is 2.77 bits per heavy atom. The molecular formula is C17H27ClN2O2. The second kappa shape index (κ2) is 8.39. The van der Waals surface area contributed by atoms with Crippen molar-refractivity contribution in [2.75, 3.05) is 19.7 Å². The minimum absolute atomic E-state index is 0. The molecular weight excluding hydrogens is 300 g/mol. The Hall–Kier alpha value is -1.26. The van der Waals surface area contributed by atoms with Crippen molar-refractivity contribution >= 4 is 18.3 Å². The highest BCUT2D eigenvalue weighted by atomic mass is 35.5. The van der Waals surface area contributed by atoms with E-state index in [1.54, 1.807) is 0 Å². The lowest BCUT2D eigenvalue weighted by Gasteiger charge is -2.30. The van der Waals surface area contributed by atoms with Gasteiger partial charge in [-0.3, -0.25) is 4.79 Å². The Balaban J connectivity index is 0.00000242. The predicted octanol–water partition coefficient (Wildman–Crippen LogP) is 2.75. The zero-order chi connectivity index (χ0) is 15.4. The van der Waals surface area contributed by atoms with E-state index < -0.39 is 0 Å². The van der Waals surface area contributed by atoms with Gasteiger partial charge in [-0.2, -0.15) is 0 Å². The molecule has 0 bridgehead atoms. The van der Waals surface area contributed by atoms with Gasteiger partial charge in [-0.15, -0.1) is 12.4 Å². The molecule has 22 heavy (non-hydrogen) atoms. The number of halogens is 1. The predicted molar refractivity (Wildman–Crippen MR) is 91.8 cm³/mol. The SMILES string of the molecule is Cc1cc(C)c(C)c(OCCC(=O)N2CCCC(N)C2)c1.Cl. The molecule has 1 heterocycles. The number of hydrogen-bond donors (Lipinski definition) is 1. The minimum Gasteiger partial charge on any atom is -0.493 e. The van der Waals surface area contributed by atoms with Crippen molar-refractivity contribution in [1.29, 1.82) is 0 Å². The molecule has 2 rings (SSSR count). The fourth-order valence-corrected chi connectivity index (χ4v) is 2.79. The van der Waals surface area contributed by atoms with Gasteiger partial charge in [0.05, 0.1) is 13.0 Å². The number of rotatable bonds is 4. The minimum atomic E-state index is 0. The summed E-state index contributed by atoms with van der Waals surface area (Å²) in [4.78, 5) is 14.0. The van der Waals surface area contributed by atoms with Gasteiger partial charge in [0.15, 0.2) is 0 Å². The lowest BCUT2D eigenvalue weighted by atomic mass is 10.1. The first-order chi connectivity index (χ1) is 9.97. The van der Waals surface area contributed by atoms with Crippen LogP contribution in [0, 0.1) is 20.8 Å². The summed E-state index contributed by atoms with van der Waals surface area (Å²) in [5.41, 5.74) is 9.46. The zero-order valence-electron chi connectivity index (χ0n) is 13.7. The highest BCUT2D eigenvalue weighted by Crippen LogP contribution is 2.23. The van der Waals surface area contributed by atoms with Crippen LogP contribution < -0.4 is 10.5 Å². The second-order valence-corrected chi connectivity index (χ2v) is 6.05. The van der Waals surface area contributed by atoms with Crippen molar-refractivity contribution in [3.8, 4) is 5.75 Å². The maximum absolute atomic E-state index is 12.1. The summed E-state index contributed by atoms with van der Waals surface area (Å²) in [6.45, 7) is 8.12. The molecule has 0 aromatic heterocycles. The van der Waals surface area contributed by atoms with Gasteiger partial charge in [-0.25, -0.2) is 0 Å². The van der Waals surface area contributed by atoms with E-state index in [-0.39, 0.29) is 24.4 Å². The quantitative estimate of drug-likeness (QED) is 0.925. The lowest BCUT2D eigenvalue weighted by Crippen LogP contribution is -2.46. The summed E-state index contributed by atoms with van der Waals surface area (Å²) in [5.74, 6) is 1.03. The standard InChI is InChI=1S/C17H26N2O2.ClH/c1-12-9-13(2)14(3)16(10-12)21-8-6-17(20)19-7-4-5-15(18)11-19;/h9-10,15H,4-8,11,18H2,1-3H3;1H. The molecule has 124 valence electrons. The van der Waals surface area contributed by atoms with Crippen LogP contribution in [0.5, 0.6) is 5.75 Å². The number of aryl methyl sites for hydroxylation is 2. The first-order valence-corrected chi connectivity index (χ1v) is 7.71. The topological polar surface area (TPSA) is 55.6 Å². The summed E-state index contributed by atoms with van der Waals surface area (Å²) in [5, 5.41) is 0. The van der Waals surface area contributed by atoms with Crippen molar-refractivity contribution in [2.45, 2.75) is 46.1 Å². The van der Waals surface area contributed by atoms with Crippen LogP contribution in [0.1, 0.15) is 36.0 Å². The Labute approximate surface area is 139 Å². The Morgan fingerprint density at radius 2 is 2.09 bits per heavy atom. The van der Waals surface area contributed by atoms with Gasteiger partial charge in [0, 0.05) is 19.1 Å². The third-order valence-electron chi connectivity index (χ3n) is 4.15. The molecule has 1 saturated heterocycles. The van der Waals surface area contributed by atoms with Crippen molar-refractivity contribution in [3.05, 3.63) is 28.8 Å². The number of ether oxygens (including phenoxy) is 1. The van der Waals surface area contributed by atoms with Crippen molar-refractivity contribution < 1.29 is 9.53 Å². The van der Waals surface area contributed by atoms with Gasteiger partial charge in [-0.05, 0) is 56.4 Å². The number of carbonyl (C=O) groups excluding carboxylic acids is 1. The molecule has 0 saturated carbocycles. The van der Waals surface area contributed by atoms with Crippen LogP contribution in [0.25, 0.3) is 0 Å². The van der Waals surface area contributed by atoms with Crippen LogP contribution in [0.15, 0.2) is 12.1 Å². The van der Waals surface area contributed by atoms with Gasteiger partial charge in [0.25, 0.3) is 0 Å². The van der Waals surface area contributed by atoms with Gasteiger partial charge in [0.2, 0.25) is 5.91 Å². The zero-order valence-corrected chi connectivity index (χ0v) is 14.5. The van der Waals surface area contributed by atoms with Crippen LogP contribution in [0.4, 0.5) is 0 Å². The molecule has 1 aromatic carbocycles. The van der Waals surface area contributed by atoms with E-state index in [0.29, 0.717) is 19.6 Å². The van der Waals surface area contributed by atoms with Crippen LogP contribution in [-0.2, 0) is 4.79 Å². The number of piperidine rings is 1. The number of nitrogens with zero attached hydrogens (tertiary/aromatic N) is 1. The van der Waals surface area contributed by atoms with Gasteiger partial charge >= 0.3 is 0 Å². The van der Waals surface area contributed by atoms with Crippen LogP contribution in [0.3, 0.4) is 0 Å². The number of hydrogen-bond acceptors (Lipinski definition) is 3. The van der Waals surface area contributed by atoms with E-state index >= 15 is 0 Å². The molecule has 5 heteroatoms. The average molecular weight is 327 g/mol. The van der Waals surface area contributed by atoms with E-state index in [1.807, 2.05) is 11.0 Å². The fourth-order valence-electron chi connectivity index (χ4n) is 2.79. The van der Waals surface area contributed by atoms with E-state index in [1.165, 1.54) is 11.1 Å². The smallest absolute Gasteiger partial charge is 0.226 e. The Kier molecular flexibility index (Phi) is 7.17. The molecule has 0 radical (unpaired) electrons. The molecule has 2 N–H and O–H groups in total. The Bertz CT molecular complexity index is 520. The summed E-state index contributed by atoms with van der Waals surface area (Å²) in [6, 6.07) is 4.30. The number of likely N-dealkylation sites (tertiary alicyclic amines) is 1. The van der Waals surface area contributed by atoms with E-state index in [4.69, 9.17) is 10.5 Å². The molecule has 1 aliphatic rings. The van der Waals surface area contributed by atoms with Crippen molar-refractivity contribution in [1.82, 2.24) is 4.90 Å². The van der Waals surface area contributed by atoms with Gasteiger partial charge in [0.1, 0.15) is 5.75 Å². The first-order valence-electron chi connectivity index (χ1n) is 7.71. The number of benzene rings is 1. The van der Waals surface area contributed by atoms with E-state index in [9.17, 15) is 4.79 Å². The van der Waals surface area contributed by atoms with E-state index in [0.717, 1.165) is 30.7 Å². The summed E-state index contributed by atoms with van der Waals surface area (Å²) in [6.07, 6.45) is 2.44. The highest BCUT2D eigenvalue weighted by molar-refractivity contribution is 5.85. The summed E-state index contributed by atoms with van der Waals surface area (Å²) < 4.78 is 5.81. The number of carbonyl (C=O) groups is 1. The second-order valence-electron chi connectivity index (χ2n) is 6.05. The first kappa shape index (κ1) is 18.8. The highest BCUT2D eigenvalue weighted by Gasteiger charge is 2.20. The molecule has 1 atom stereocenters. The monoisotopic (exact) mass is 326 g/mol. The third kappa shape index (κ3) is 4.89. The summed E-state index contributed by atoms with van der Waals surface area (Å²) >= 11 is 0. The molecule has 4 nitrogen and oxygen atoms in total. The Morgan fingerprint density at radius 1 is 1.36 bits per heavy atom. The van der Waals surface area contributed by atoms with Gasteiger partial charge in [-0.1, -0.05) is 6.07 Å². The molecule has 1 unspecified atom stereocenters. The van der Waals surface area contributed by atoms with Crippen molar-refractivity contribution in [3.63, 3.8) is 0 Å². The normalized spacial score (nSPS) is 17.8. The number of amides is 1. The third-order valence-corrected chi connectivity index (χ3v) is 4.15. The molecule has 1 fully saturated rings. The maximum atomic E-state index is 12.1. The maximum Gasteiger partial charge on any atom is 0.226 e. The van der Waals surface area contributed by atoms with Crippen LogP contribution in [-0.4, -0.2) is 36.5 Å². The molecule has 1 aliphatic heterocycles. The fraction of sp³-hybridized carbons (Fsp3) is 0.588. The molecule has 1 amide bonds. The largest absolute Gasteiger partial charge is 0.493 e. The van der Waals surface area contributed by atoms with Crippen molar-refractivity contribution in [2.24, 2.45) is 5.73 Å². The van der Waals surface area contributed by atoms with E-state index in [2.05, 4.69) is 26.8 Å². The lowest BCUT2D eigenvalue weighted by molar-refractivity contribution is -0.132. The van der Waals surface area contributed by atoms with Crippen LogP contribution in [0.2, 0.25) is 0 Å². The molecule has 0 aliphatic carbocycles.